The lowest BCUT2D eigenvalue weighted by Crippen LogP contribution is -2.45. The largest absolute Gasteiger partial charge is 0.480 e. The van der Waals surface area contributed by atoms with Gasteiger partial charge in [0.15, 0.2) is 0 Å². The van der Waals surface area contributed by atoms with Gasteiger partial charge in [0.25, 0.3) is 0 Å². The molecule has 2 amide bonds. The average molecular weight is 268 g/mol. The molecule has 0 radical (unpaired) electrons. The van der Waals surface area contributed by atoms with Crippen LogP contribution >= 0.6 is 0 Å². The Bertz CT molecular complexity index is 487. The minimum Gasteiger partial charge on any atom is -0.480 e. The number of aromatic amines is 1. The molecule has 2 rings (SSSR count). The Morgan fingerprint density at radius 1 is 1.63 bits per heavy atom. The van der Waals surface area contributed by atoms with Crippen LogP contribution < -0.4 is 5.32 Å². The van der Waals surface area contributed by atoms with Gasteiger partial charge in [0.2, 0.25) is 0 Å². The molecular weight excluding hydrogens is 252 g/mol. The Labute approximate surface area is 109 Å². The van der Waals surface area contributed by atoms with Crippen molar-refractivity contribution >= 4 is 12.0 Å². The molecule has 1 aliphatic heterocycles. The van der Waals surface area contributed by atoms with Crippen molar-refractivity contribution in [3.8, 4) is 0 Å². The van der Waals surface area contributed by atoms with Crippen LogP contribution in [0.2, 0.25) is 0 Å². The normalized spacial score (nSPS) is 22.5. The summed E-state index contributed by atoms with van der Waals surface area (Å²) in [5, 5.41) is 27.7. The maximum Gasteiger partial charge on any atom is 0.326 e. The van der Waals surface area contributed by atoms with Gasteiger partial charge in [-0.05, 0) is 6.92 Å². The highest BCUT2D eigenvalue weighted by Crippen LogP contribution is 2.18. The van der Waals surface area contributed by atoms with Crippen LogP contribution in [0, 0.1) is 6.92 Å². The Kier molecular flexibility index (Phi) is 3.70. The Hall–Kier alpha value is -2.09. The highest BCUT2D eigenvalue weighted by Gasteiger charge is 2.38. The number of β-amino-alcohol motifs (C(OH)–C–C–N with tert-alkyl or cyclic N) is 1. The van der Waals surface area contributed by atoms with E-state index < -0.39 is 24.1 Å². The average Bonchev–Trinajstić information content (AvgIpc) is 2.92. The lowest BCUT2D eigenvalue weighted by atomic mass is 10.2. The summed E-state index contributed by atoms with van der Waals surface area (Å²) in [5.41, 5.74) is 1.68. The number of carbonyl (C=O) groups excluding carboxylic acids is 1. The molecule has 104 valence electrons. The van der Waals surface area contributed by atoms with Gasteiger partial charge >= 0.3 is 12.0 Å². The Morgan fingerprint density at radius 2 is 2.37 bits per heavy atom. The van der Waals surface area contributed by atoms with Crippen molar-refractivity contribution in [1.29, 1.82) is 0 Å². The smallest absolute Gasteiger partial charge is 0.326 e. The number of hydrogen-bond acceptors (Lipinski definition) is 4. The lowest BCUT2D eigenvalue weighted by molar-refractivity contribution is -0.141. The summed E-state index contributed by atoms with van der Waals surface area (Å²) >= 11 is 0. The molecule has 2 atom stereocenters. The number of carboxylic acid groups (broad SMARTS) is 1. The van der Waals surface area contributed by atoms with Crippen LogP contribution in [-0.4, -0.2) is 56.0 Å². The summed E-state index contributed by atoms with van der Waals surface area (Å²) in [5.74, 6) is -1.11. The highest BCUT2D eigenvalue weighted by atomic mass is 16.4. The van der Waals surface area contributed by atoms with Gasteiger partial charge in [-0.25, -0.2) is 9.59 Å². The fourth-order valence-electron chi connectivity index (χ4n) is 2.10. The number of likely N-dealkylation sites (tertiary alicyclic amines) is 1. The van der Waals surface area contributed by atoms with E-state index in [4.69, 9.17) is 5.11 Å². The fourth-order valence-corrected chi connectivity index (χ4v) is 2.10. The van der Waals surface area contributed by atoms with Gasteiger partial charge in [0.05, 0.1) is 12.3 Å². The molecule has 8 nitrogen and oxygen atoms in total. The van der Waals surface area contributed by atoms with Gasteiger partial charge in [-0.2, -0.15) is 5.10 Å². The molecule has 0 aromatic carbocycles. The number of rotatable bonds is 3. The first-order valence-corrected chi connectivity index (χ1v) is 5.93. The summed E-state index contributed by atoms with van der Waals surface area (Å²) in [6, 6.07) is -1.47. The summed E-state index contributed by atoms with van der Waals surface area (Å²) < 4.78 is 0. The molecule has 0 saturated carbocycles. The van der Waals surface area contributed by atoms with E-state index in [1.165, 1.54) is 0 Å². The topological polar surface area (TPSA) is 119 Å². The maximum absolute atomic E-state index is 11.9. The SMILES string of the molecule is Cc1[nH]ncc1CNC(=O)N1C[C@@H](O)C[C@H]1C(=O)O. The molecule has 0 unspecified atom stereocenters. The summed E-state index contributed by atoms with van der Waals surface area (Å²) in [7, 11) is 0. The van der Waals surface area contributed by atoms with Gasteiger partial charge in [0.1, 0.15) is 6.04 Å². The summed E-state index contributed by atoms with van der Waals surface area (Å²) in [6.45, 7) is 2.13. The molecule has 0 spiro atoms. The first-order chi connectivity index (χ1) is 8.99. The molecule has 1 aromatic heterocycles. The van der Waals surface area contributed by atoms with Gasteiger partial charge in [-0.3, -0.25) is 5.10 Å². The predicted molar refractivity (Wildman–Crippen MR) is 64.3 cm³/mol. The van der Waals surface area contributed by atoms with E-state index in [2.05, 4.69) is 15.5 Å². The van der Waals surface area contributed by atoms with Gasteiger partial charge < -0.3 is 20.4 Å². The second-order valence-electron chi connectivity index (χ2n) is 4.57. The monoisotopic (exact) mass is 268 g/mol. The minimum atomic E-state index is -1.11. The van der Waals surface area contributed by atoms with E-state index in [1.54, 1.807) is 6.20 Å². The molecular formula is C11H16N4O4. The van der Waals surface area contributed by atoms with E-state index in [1.807, 2.05) is 6.92 Å². The number of aryl methyl sites for hydroxylation is 1. The second kappa shape index (κ2) is 5.27. The third-order valence-corrected chi connectivity index (χ3v) is 3.19. The van der Waals surface area contributed by atoms with Gasteiger partial charge in [-0.1, -0.05) is 0 Å². The van der Waals surface area contributed by atoms with Crippen LogP contribution in [0.3, 0.4) is 0 Å². The number of hydrogen-bond donors (Lipinski definition) is 4. The van der Waals surface area contributed by atoms with Crippen molar-refractivity contribution < 1.29 is 19.8 Å². The molecule has 1 fully saturated rings. The van der Waals surface area contributed by atoms with Crippen molar-refractivity contribution in [3.05, 3.63) is 17.5 Å². The molecule has 19 heavy (non-hydrogen) atoms. The summed E-state index contributed by atoms with van der Waals surface area (Å²) in [4.78, 5) is 24.1. The number of aliphatic hydroxyl groups excluding tert-OH is 1. The molecule has 1 aromatic rings. The molecule has 2 heterocycles. The standard InChI is InChI=1S/C11H16N4O4/c1-6-7(4-13-14-6)3-12-11(19)15-5-8(16)2-9(15)10(17)18/h4,8-9,16H,2-3,5H2,1H3,(H,12,19)(H,13,14)(H,17,18)/t8-,9-/m0/s1. The molecule has 8 heteroatoms. The fraction of sp³-hybridized carbons (Fsp3) is 0.545. The first kappa shape index (κ1) is 13.3. The van der Waals surface area contributed by atoms with Crippen molar-refractivity contribution in [2.45, 2.75) is 32.0 Å². The molecule has 0 bridgehead atoms. The van der Waals surface area contributed by atoms with Gasteiger partial charge in [0, 0.05) is 30.8 Å². The lowest BCUT2D eigenvalue weighted by Gasteiger charge is -2.21. The summed E-state index contributed by atoms with van der Waals surface area (Å²) in [6.07, 6.45) is 0.874. The Morgan fingerprint density at radius 3 is 2.95 bits per heavy atom. The van der Waals surface area contributed by atoms with E-state index in [0.29, 0.717) is 0 Å². The molecule has 0 aliphatic carbocycles. The number of H-pyrrole nitrogens is 1. The predicted octanol–water partition coefficient (Wildman–Crippen LogP) is -0.552. The van der Waals surface area contributed by atoms with E-state index in [-0.39, 0.29) is 19.5 Å². The van der Waals surface area contributed by atoms with Crippen molar-refractivity contribution in [2.75, 3.05) is 6.54 Å². The number of amides is 2. The minimum absolute atomic E-state index is 0.0349. The van der Waals surface area contributed by atoms with Crippen molar-refractivity contribution in [3.63, 3.8) is 0 Å². The quantitative estimate of drug-likeness (QED) is 0.586. The third kappa shape index (κ3) is 2.84. The van der Waals surface area contributed by atoms with Crippen LogP contribution in [0.5, 0.6) is 0 Å². The van der Waals surface area contributed by atoms with Crippen LogP contribution in [0.15, 0.2) is 6.20 Å². The van der Waals surface area contributed by atoms with E-state index in [9.17, 15) is 14.7 Å². The van der Waals surface area contributed by atoms with Crippen LogP contribution in [-0.2, 0) is 11.3 Å². The number of aromatic nitrogens is 2. The zero-order chi connectivity index (χ0) is 14.0. The molecule has 4 N–H and O–H groups in total. The Balaban J connectivity index is 1.96. The second-order valence-corrected chi connectivity index (χ2v) is 4.57. The number of urea groups is 1. The maximum atomic E-state index is 11.9. The molecule has 1 saturated heterocycles. The van der Waals surface area contributed by atoms with E-state index in [0.717, 1.165) is 16.2 Å². The van der Waals surface area contributed by atoms with Crippen LogP contribution in [0.4, 0.5) is 4.79 Å². The van der Waals surface area contributed by atoms with Crippen molar-refractivity contribution in [1.82, 2.24) is 20.4 Å². The zero-order valence-electron chi connectivity index (χ0n) is 10.5. The van der Waals surface area contributed by atoms with E-state index >= 15 is 0 Å². The van der Waals surface area contributed by atoms with Crippen LogP contribution in [0.1, 0.15) is 17.7 Å². The third-order valence-electron chi connectivity index (χ3n) is 3.19. The number of aliphatic carboxylic acids is 1. The van der Waals surface area contributed by atoms with Crippen LogP contribution in [0.25, 0.3) is 0 Å². The number of nitrogens with one attached hydrogen (secondary N) is 2. The number of carbonyl (C=O) groups is 2. The highest BCUT2D eigenvalue weighted by molar-refractivity contribution is 5.83. The zero-order valence-corrected chi connectivity index (χ0v) is 10.5. The number of nitrogens with zero attached hydrogens (tertiary/aromatic N) is 2. The number of aliphatic hydroxyl groups is 1. The van der Waals surface area contributed by atoms with Gasteiger partial charge in [-0.15, -0.1) is 0 Å². The number of carboxylic acids is 1. The van der Waals surface area contributed by atoms with Crippen molar-refractivity contribution in [2.24, 2.45) is 0 Å². The first-order valence-electron chi connectivity index (χ1n) is 5.93. The molecule has 1 aliphatic rings.